The highest BCUT2D eigenvalue weighted by molar-refractivity contribution is 7.54. The fourth-order valence-corrected chi connectivity index (χ4v) is 6.87. The lowest BCUT2D eigenvalue weighted by atomic mass is 9.97. The van der Waals surface area contributed by atoms with Crippen molar-refractivity contribution in [3.63, 3.8) is 0 Å². The summed E-state index contributed by atoms with van der Waals surface area (Å²) >= 11 is 6.60. The SMILES string of the molecule is CC(C)OC(=O)[C@H](C)C[P@@](=O)(Oc1ccccc1)O[C@@H](C)[C@H]1O[C@@H](n2cnc3c(=O)[nH]c(N)nc32)C(Cl)(CF)[C@H]1O. The number of hydrogen-bond acceptors (Lipinski definition) is 11. The van der Waals surface area contributed by atoms with Gasteiger partial charge in [0.2, 0.25) is 5.95 Å². The molecule has 7 atom stereocenters. The number of rotatable bonds is 11. The summed E-state index contributed by atoms with van der Waals surface area (Å²) in [5, 5.41) is 11.2. The third-order valence-electron chi connectivity index (χ3n) is 6.44. The number of aromatic amines is 1. The van der Waals surface area contributed by atoms with Crippen molar-refractivity contribution < 1.29 is 37.4 Å². The van der Waals surface area contributed by atoms with Crippen LogP contribution in [0.15, 0.2) is 41.5 Å². The summed E-state index contributed by atoms with van der Waals surface area (Å²) < 4.78 is 52.6. The van der Waals surface area contributed by atoms with Crippen molar-refractivity contribution in [1.29, 1.82) is 0 Å². The van der Waals surface area contributed by atoms with E-state index in [0.29, 0.717) is 0 Å². The Hall–Kier alpha value is -3.03. The Kier molecular flexibility index (Phi) is 9.10. The molecule has 4 rings (SSSR count). The van der Waals surface area contributed by atoms with E-state index in [4.69, 9.17) is 35.9 Å². The molecule has 4 N–H and O–H groups in total. The second kappa shape index (κ2) is 12.1. The zero-order valence-electron chi connectivity index (χ0n) is 22.8. The zero-order chi connectivity index (χ0) is 30.1. The highest BCUT2D eigenvalue weighted by atomic mass is 35.5. The molecule has 13 nitrogen and oxygen atoms in total. The summed E-state index contributed by atoms with van der Waals surface area (Å²) in [6.07, 6.45) is -5.25. The maximum Gasteiger partial charge on any atom is 0.380 e. The molecule has 1 aliphatic heterocycles. The van der Waals surface area contributed by atoms with Crippen LogP contribution in [0.5, 0.6) is 5.75 Å². The van der Waals surface area contributed by atoms with Gasteiger partial charge in [-0.2, -0.15) is 4.98 Å². The summed E-state index contributed by atoms with van der Waals surface area (Å²) in [6, 6.07) is 8.19. The van der Waals surface area contributed by atoms with Gasteiger partial charge in [-0.05, 0) is 32.9 Å². The summed E-state index contributed by atoms with van der Waals surface area (Å²) in [5.74, 6) is -1.49. The third-order valence-corrected chi connectivity index (χ3v) is 9.09. The van der Waals surface area contributed by atoms with Gasteiger partial charge in [0.15, 0.2) is 17.4 Å². The smallest absolute Gasteiger partial charge is 0.380 e. The fraction of sp³-hybridized carbons (Fsp3) is 0.520. The number of para-hydroxylation sites is 1. The molecule has 16 heteroatoms. The maximum atomic E-state index is 14.5. The molecule has 0 bridgehead atoms. The number of alkyl halides is 2. The Morgan fingerprint density at radius 2 is 2.00 bits per heavy atom. The number of esters is 1. The standard InChI is InChI=1S/C25H32ClFN5O8P/c1-13(2)37-22(35)14(3)10-41(36,40-16-8-6-5-7-9-16)39-15(4)18-19(33)25(26,11-27)23(38-18)32-12-29-17-20(32)30-24(28)31-21(17)34/h5-9,12-15,18-19,23,33H,10-11H2,1-4H3,(H3,28,30,31,34)/t14-,15+,18-,19+,23-,25?,41+/m1/s1. The molecule has 0 aliphatic carbocycles. The van der Waals surface area contributed by atoms with Gasteiger partial charge in [-0.3, -0.25) is 23.7 Å². The van der Waals surface area contributed by atoms with Crippen molar-refractivity contribution in [3.8, 4) is 5.75 Å². The summed E-state index contributed by atoms with van der Waals surface area (Å²) in [5.41, 5.74) is 4.88. The molecule has 1 saturated heterocycles. The van der Waals surface area contributed by atoms with Crippen LogP contribution in [0.3, 0.4) is 0 Å². The molecule has 41 heavy (non-hydrogen) atoms. The van der Waals surface area contributed by atoms with E-state index in [-0.39, 0.29) is 29.0 Å². The lowest BCUT2D eigenvalue weighted by Gasteiger charge is -2.29. The van der Waals surface area contributed by atoms with E-state index in [1.807, 2.05) is 0 Å². The molecule has 0 radical (unpaired) electrons. The number of nitrogens with zero attached hydrogens (tertiary/aromatic N) is 3. The van der Waals surface area contributed by atoms with Crippen molar-refractivity contribution in [3.05, 3.63) is 47.0 Å². The average Bonchev–Trinajstić information content (AvgIpc) is 3.42. The number of aliphatic hydroxyl groups is 1. The molecule has 0 amide bonds. The van der Waals surface area contributed by atoms with Crippen LogP contribution in [0.25, 0.3) is 11.2 Å². The van der Waals surface area contributed by atoms with E-state index in [1.54, 1.807) is 44.2 Å². The molecule has 0 saturated carbocycles. The molecular weight excluding hydrogens is 584 g/mol. The minimum Gasteiger partial charge on any atom is -0.463 e. The molecule has 1 aromatic carbocycles. The predicted molar refractivity (Wildman–Crippen MR) is 148 cm³/mol. The van der Waals surface area contributed by atoms with E-state index in [0.717, 1.165) is 6.33 Å². The number of nitrogens with one attached hydrogen (secondary N) is 1. The van der Waals surface area contributed by atoms with Gasteiger partial charge in [-0.25, -0.2) is 13.9 Å². The minimum atomic E-state index is -4.13. The second-order valence-corrected chi connectivity index (χ2v) is 12.8. The Morgan fingerprint density at radius 3 is 2.63 bits per heavy atom. The van der Waals surface area contributed by atoms with E-state index in [1.165, 1.54) is 18.4 Å². The zero-order valence-corrected chi connectivity index (χ0v) is 24.4. The number of anilines is 1. The van der Waals surface area contributed by atoms with E-state index in [9.17, 15) is 23.7 Å². The van der Waals surface area contributed by atoms with Gasteiger partial charge < -0.3 is 24.8 Å². The van der Waals surface area contributed by atoms with Crippen molar-refractivity contribution >= 4 is 42.3 Å². The van der Waals surface area contributed by atoms with Gasteiger partial charge in [0.1, 0.15) is 29.5 Å². The first-order valence-electron chi connectivity index (χ1n) is 12.8. The Balaban J connectivity index is 1.63. The second-order valence-electron chi connectivity index (χ2n) is 10.1. The Morgan fingerprint density at radius 1 is 1.32 bits per heavy atom. The van der Waals surface area contributed by atoms with Crippen LogP contribution in [0.2, 0.25) is 0 Å². The number of carbonyl (C=O) groups excluding carboxylic acids is 1. The lowest BCUT2D eigenvalue weighted by molar-refractivity contribution is -0.151. The lowest BCUT2D eigenvalue weighted by Crippen LogP contribution is -2.46. The quantitative estimate of drug-likeness (QED) is 0.164. The Labute approximate surface area is 239 Å². The number of benzene rings is 1. The summed E-state index contributed by atoms with van der Waals surface area (Å²) in [4.78, 5) is 33.0. The molecular formula is C25H32ClFN5O8P. The highest BCUT2D eigenvalue weighted by Crippen LogP contribution is 2.54. The number of aliphatic hydroxyl groups excluding tert-OH is 1. The molecule has 0 spiro atoms. The third kappa shape index (κ3) is 6.41. The van der Waals surface area contributed by atoms with Crippen LogP contribution >= 0.6 is 19.2 Å². The number of carbonyl (C=O) groups is 1. The van der Waals surface area contributed by atoms with Crippen LogP contribution < -0.4 is 15.8 Å². The number of halogens is 2. The highest BCUT2D eigenvalue weighted by Gasteiger charge is 2.59. The molecule has 224 valence electrons. The summed E-state index contributed by atoms with van der Waals surface area (Å²) in [6.45, 7) is 5.07. The van der Waals surface area contributed by atoms with Crippen LogP contribution in [0.4, 0.5) is 10.3 Å². The topological polar surface area (TPSA) is 181 Å². The van der Waals surface area contributed by atoms with Crippen molar-refractivity contribution in [1.82, 2.24) is 19.5 Å². The first-order valence-corrected chi connectivity index (χ1v) is 14.9. The summed E-state index contributed by atoms with van der Waals surface area (Å²) in [7, 11) is -4.13. The maximum absolute atomic E-state index is 14.5. The molecule has 1 fully saturated rings. The van der Waals surface area contributed by atoms with E-state index < -0.39 is 67.2 Å². The number of H-pyrrole nitrogens is 1. The van der Waals surface area contributed by atoms with Crippen LogP contribution in [-0.4, -0.2) is 72.7 Å². The number of ether oxygens (including phenoxy) is 2. The van der Waals surface area contributed by atoms with Gasteiger partial charge >= 0.3 is 13.6 Å². The number of aromatic nitrogens is 4. The van der Waals surface area contributed by atoms with Gasteiger partial charge in [-0.1, -0.05) is 25.1 Å². The number of fused-ring (bicyclic) bond motifs is 1. The Bertz CT molecular complexity index is 1490. The van der Waals surface area contributed by atoms with Gasteiger partial charge in [0.05, 0.1) is 30.6 Å². The fourth-order valence-electron chi connectivity index (χ4n) is 4.49. The first kappa shape index (κ1) is 30.9. The number of imidazole rings is 1. The van der Waals surface area contributed by atoms with E-state index in [2.05, 4.69) is 15.0 Å². The number of nitrogens with two attached hydrogens (primary N) is 1. The molecule has 1 unspecified atom stereocenters. The number of nitrogen functional groups attached to an aromatic ring is 1. The molecule has 3 aromatic rings. The van der Waals surface area contributed by atoms with Crippen LogP contribution in [0.1, 0.15) is 33.9 Å². The number of hydrogen-bond donors (Lipinski definition) is 3. The largest absolute Gasteiger partial charge is 0.463 e. The van der Waals surface area contributed by atoms with Crippen molar-refractivity contribution in [2.45, 2.75) is 63.2 Å². The predicted octanol–water partition coefficient (Wildman–Crippen LogP) is 3.17. The molecule has 3 heterocycles. The van der Waals surface area contributed by atoms with Gasteiger partial charge in [0, 0.05) is 0 Å². The molecule has 2 aromatic heterocycles. The van der Waals surface area contributed by atoms with E-state index >= 15 is 0 Å². The van der Waals surface area contributed by atoms with Gasteiger partial charge in [0.25, 0.3) is 5.56 Å². The monoisotopic (exact) mass is 615 g/mol. The van der Waals surface area contributed by atoms with Crippen LogP contribution in [0, 0.1) is 5.92 Å². The minimum absolute atomic E-state index is 0.0493. The molecule has 1 aliphatic rings. The average molecular weight is 616 g/mol. The van der Waals surface area contributed by atoms with Gasteiger partial charge in [-0.15, -0.1) is 11.6 Å². The van der Waals surface area contributed by atoms with Crippen LogP contribution in [-0.2, 0) is 23.4 Å². The normalized spacial score (nSPS) is 25.6. The first-order chi connectivity index (χ1) is 19.3. The van der Waals surface area contributed by atoms with Crippen molar-refractivity contribution in [2.24, 2.45) is 5.92 Å². The van der Waals surface area contributed by atoms with Crippen molar-refractivity contribution in [2.75, 3.05) is 18.6 Å².